The molecule has 2 N–H and O–H groups in total. The van der Waals surface area contributed by atoms with E-state index in [2.05, 4.69) is 36.7 Å². The second-order valence-electron chi connectivity index (χ2n) is 5.85. The fraction of sp³-hybridized carbons (Fsp3) is 0.222. The van der Waals surface area contributed by atoms with Crippen molar-refractivity contribution in [3.63, 3.8) is 0 Å². The van der Waals surface area contributed by atoms with Crippen molar-refractivity contribution in [2.45, 2.75) is 19.6 Å². The molecule has 1 amide bonds. The van der Waals surface area contributed by atoms with E-state index >= 15 is 0 Å². The summed E-state index contributed by atoms with van der Waals surface area (Å²) in [6, 6.07) is 14.5. The molecule has 0 saturated carbocycles. The molecule has 1 heterocycles. The third kappa shape index (κ3) is 5.60. The van der Waals surface area contributed by atoms with Crippen LogP contribution in [-0.4, -0.2) is 43.9 Å². The topological polar surface area (TPSA) is 102 Å². The van der Waals surface area contributed by atoms with E-state index in [9.17, 15) is 9.90 Å². The number of tetrazole rings is 1. The lowest BCUT2D eigenvalue weighted by Crippen LogP contribution is -2.25. The van der Waals surface area contributed by atoms with E-state index in [0.717, 1.165) is 10.0 Å². The Labute approximate surface area is 164 Å². The summed E-state index contributed by atoms with van der Waals surface area (Å²) in [7, 11) is 0. The molecule has 0 aliphatic heterocycles. The molecule has 1 aromatic heterocycles. The number of hydrogen-bond acceptors (Lipinski definition) is 6. The number of hydrogen-bond donors (Lipinski definition) is 2. The van der Waals surface area contributed by atoms with Crippen LogP contribution in [0.25, 0.3) is 11.4 Å². The molecule has 0 radical (unpaired) electrons. The van der Waals surface area contributed by atoms with Gasteiger partial charge in [-0.25, -0.2) is 0 Å². The number of anilines is 1. The van der Waals surface area contributed by atoms with Crippen molar-refractivity contribution in [3.05, 3.63) is 53.0 Å². The highest BCUT2D eigenvalue weighted by Gasteiger charge is 2.11. The zero-order valence-corrected chi connectivity index (χ0v) is 16.1. The second kappa shape index (κ2) is 8.74. The van der Waals surface area contributed by atoms with Gasteiger partial charge in [0.15, 0.2) is 0 Å². The van der Waals surface area contributed by atoms with Gasteiger partial charge in [0.1, 0.15) is 18.5 Å². The van der Waals surface area contributed by atoms with Gasteiger partial charge in [0.2, 0.25) is 11.7 Å². The van der Waals surface area contributed by atoms with Gasteiger partial charge in [0.05, 0.1) is 6.54 Å². The summed E-state index contributed by atoms with van der Waals surface area (Å²) < 4.78 is 6.52. The van der Waals surface area contributed by atoms with E-state index in [0.29, 0.717) is 17.3 Å². The number of rotatable bonds is 7. The smallest absolute Gasteiger partial charge is 0.221 e. The van der Waals surface area contributed by atoms with E-state index in [1.807, 2.05) is 24.3 Å². The summed E-state index contributed by atoms with van der Waals surface area (Å²) >= 11 is 3.38. The molecule has 2 aromatic carbocycles. The molecular weight excluding hydrogens is 414 g/mol. The Kier molecular flexibility index (Phi) is 6.15. The zero-order valence-electron chi connectivity index (χ0n) is 14.5. The van der Waals surface area contributed by atoms with E-state index in [1.165, 1.54) is 11.7 Å². The highest BCUT2D eigenvalue weighted by molar-refractivity contribution is 9.10. The Morgan fingerprint density at radius 2 is 1.93 bits per heavy atom. The predicted octanol–water partition coefficient (Wildman–Crippen LogP) is 2.50. The minimum absolute atomic E-state index is 0.0780. The summed E-state index contributed by atoms with van der Waals surface area (Å²) in [5, 5.41) is 25.0. The van der Waals surface area contributed by atoms with Crippen LogP contribution >= 0.6 is 15.9 Å². The number of nitrogens with one attached hydrogen (secondary N) is 1. The molecule has 1 unspecified atom stereocenters. The number of halogens is 1. The predicted molar refractivity (Wildman–Crippen MR) is 103 cm³/mol. The number of aliphatic hydroxyl groups excluding tert-OH is 1. The van der Waals surface area contributed by atoms with Gasteiger partial charge in [-0.2, -0.15) is 4.80 Å². The minimum atomic E-state index is -0.799. The Morgan fingerprint density at radius 3 is 2.59 bits per heavy atom. The lowest BCUT2D eigenvalue weighted by Gasteiger charge is -2.12. The Hall–Kier alpha value is -2.78. The average Bonchev–Trinajstić information content (AvgIpc) is 3.09. The Balaban J connectivity index is 1.51. The van der Waals surface area contributed by atoms with Crippen molar-refractivity contribution in [3.8, 4) is 17.1 Å². The van der Waals surface area contributed by atoms with Crippen LogP contribution in [0.3, 0.4) is 0 Å². The largest absolute Gasteiger partial charge is 0.491 e. The summed E-state index contributed by atoms with van der Waals surface area (Å²) in [5.41, 5.74) is 1.53. The van der Waals surface area contributed by atoms with Gasteiger partial charge in [-0.1, -0.05) is 15.9 Å². The van der Waals surface area contributed by atoms with Crippen LogP contribution in [0.15, 0.2) is 53.0 Å². The van der Waals surface area contributed by atoms with Gasteiger partial charge in [-0.05, 0) is 53.7 Å². The number of aliphatic hydroxyl groups is 1. The van der Waals surface area contributed by atoms with Gasteiger partial charge in [0, 0.05) is 22.6 Å². The maximum absolute atomic E-state index is 11.0. The number of ether oxygens (including phenoxy) is 1. The van der Waals surface area contributed by atoms with Crippen molar-refractivity contribution in [2.75, 3.05) is 11.9 Å². The van der Waals surface area contributed by atoms with E-state index in [4.69, 9.17) is 4.74 Å². The lowest BCUT2D eigenvalue weighted by molar-refractivity contribution is -0.114. The van der Waals surface area contributed by atoms with Crippen molar-refractivity contribution < 1.29 is 14.6 Å². The van der Waals surface area contributed by atoms with Gasteiger partial charge in [-0.15, -0.1) is 10.2 Å². The molecule has 1 atom stereocenters. The van der Waals surface area contributed by atoms with Gasteiger partial charge in [-0.3, -0.25) is 4.79 Å². The molecular formula is C18H18BrN5O3. The van der Waals surface area contributed by atoms with E-state index < -0.39 is 6.10 Å². The highest BCUT2D eigenvalue weighted by Crippen LogP contribution is 2.18. The maximum atomic E-state index is 11.0. The summed E-state index contributed by atoms with van der Waals surface area (Å²) in [4.78, 5) is 12.3. The quantitative estimate of drug-likeness (QED) is 0.595. The monoisotopic (exact) mass is 431 g/mol. The van der Waals surface area contributed by atoms with Gasteiger partial charge < -0.3 is 15.2 Å². The molecule has 8 nitrogen and oxygen atoms in total. The van der Waals surface area contributed by atoms with Gasteiger partial charge >= 0.3 is 0 Å². The van der Waals surface area contributed by atoms with Crippen LogP contribution in [0.5, 0.6) is 5.75 Å². The second-order valence-corrected chi connectivity index (χ2v) is 6.76. The maximum Gasteiger partial charge on any atom is 0.221 e. The minimum Gasteiger partial charge on any atom is -0.491 e. The first-order valence-corrected chi connectivity index (χ1v) is 9.01. The van der Waals surface area contributed by atoms with Crippen molar-refractivity contribution in [1.82, 2.24) is 20.2 Å². The third-order valence-electron chi connectivity index (χ3n) is 3.55. The van der Waals surface area contributed by atoms with Crippen molar-refractivity contribution in [2.24, 2.45) is 0 Å². The van der Waals surface area contributed by atoms with Crippen LogP contribution in [0.1, 0.15) is 6.92 Å². The SMILES string of the molecule is CC(=O)Nc1ccc(OCC(O)Cn2nnc(-c3ccc(Br)cc3)n2)cc1. The van der Waals surface area contributed by atoms with Crippen LogP contribution in [-0.2, 0) is 11.3 Å². The summed E-state index contributed by atoms with van der Waals surface area (Å²) in [5.74, 6) is 0.941. The first-order valence-electron chi connectivity index (χ1n) is 8.22. The Bertz CT molecular complexity index is 896. The van der Waals surface area contributed by atoms with Crippen LogP contribution in [0.4, 0.5) is 5.69 Å². The van der Waals surface area contributed by atoms with Crippen LogP contribution in [0, 0.1) is 0 Å². The van der Waals surface area contributed by atoms with Crippen LogP contribution < -0.4 is 10.1 Å². The number of carbonyl (C=O) groups excluding carboxylic acids is 1. The molecule has 0 fully saturated rings. The molecule has 3 rings (SSSR count). The van der Waals surface area contributed by atoms with E-state index in [-0.39, 0.29) is 19.1 Å². The number of amides is 1. The third-order valence-corrected chi connectivity index (χ3v) is 4.08. The lowest BCUT2D eigenvalue weighted by atomic mass is 10.2. The molecule has 140 valence electrons. The molecule has 0 spiro atoms. The summed E-state index contributed by atoms with van der Waals surface area (Å²) in [6.07, 6.45) is -0.799. The van der Waals surface area contributed by atoms with E-state index in [1.54, 1.807) is 24.3 Å². The first kappa shape index (κ1) is 19.0. The number of aromatic nitrogens is 4. The Morgan fingerprint density at radius 1 is 1.22 bits per heavy atom. The molecule has 0 aliphatic carbocycles. The molecule has 0 aliphatic rings. The normalized spacial score (nSPS) is 11.8. The van der Waals surface area contributed by atoms with Crippen LogP contribution in [0.2, 0.25) is 0 Å². The molecule has 0 saturated heterocycles. The molecule has 0 bridgehead atoms. The van der Waals surface area contributed by atoms with Crippen molar-refractivity contribution >= 4 is 27.5 Å². The summed E-state index contributed by atoms with van der Waals surface area (Å²) in [6.45, 7) is 1.68. The zero-order chi connectivity index (χ0) is 19.2. The fourth-order valence-electron chi connectivity index (χ4n) is 2.31. The average molecular weight is 432 g/mol. The van der Waals surface area contributed by atoms with Crippen molar-refractivity contribution in [1.29, 1.82) is 0 Å². The number of nitrogens with zero attached hydrogens (tertiary/aromatic N) is 4. The molecule has 9 heteroatoms. The van der Waals surface area contributed by atoms with Gasteiger partial charge in [0.25, 0.3) is 0 Å². The fourth-order valence-corrected chi connectivity index (χ4v) is 2.57. The molecule has 27 heavy (non-hydrogen) atoms. The number of carbonyl (C=O) groups is 1. The standard InChI is InChI=1S/C18H18BrN5O3/c1-12(25)20-15-6-8-17(9-7-15)27-11-16(26)10-24-22-18(21-23-24)13-2-4-14(19)5-3-13/h2-9,16,26H,10-11H2,1H3,(H,20,25). The molecule has 3 aromatic rings. The number of benzene rings is 2. The first-order chi connectivity index (χ1) is 13.0. The highest BCUT2D eigenvalue weighted by atomic mass is 79.9.